The molecule has 0 amide bonds. The van der Waals surface area contributed by atoms with Crippen molar-refractivity contribution in [1.82, 2.24) is 0 Å². The van der Waals surface area contributed by atoms with Crippen LogP contribution in [0.3, 0.4) is 0 Å². The number of rotatable bonds is 36. The Morgan fingerprint density at radius 3 is 1.60 bits per heavy atom. The quantitative estimate of drug-likeness (QED) is 0.0104. The smallest absolute Gasteiger partial charge is 0.462 e. The third-order valence-electron chi connectivity index (χ3n) is 10.1. The number of allylic oxidation sites excluding steroid dienone is 13. The predicted octanol–water partition coefficient (Wildman–Crippen LogP) is 6.99. The molecule has 0 saturated heterocycles. The van der Waals surface area contributed by atoms with Gasteiger partial charge in [0.25, 0.3) is 0 Å². The number of esters is 2. The van der Waals surface area contributed by atoms with E-state index in [-0.39, 0.29) is 25.7 Å². The molecule has 1 saturated carbocycles. The maximum Gasteiger partial charge on any atom is 0.472 e. The molecule has 0 aromatic carbocycles. The van der Waals surface area contributed by atoms with Gasteiger partial charge in [-0.1, -0.05) is 137 Å². The molecule has 0 aromatic rings. The summed E-state index contributed by atoms with van der Waals surface area (Å²) in [6.07, 6.45) is 29.3. The fourth-order valence-electron chi connectivity index (χ4n) is 6.24. The normalized spacial score (nSPS) is 23.3. The molecule has 1 aliphatic rings. The monoisotopic (exact) mass is 939 g/mol. The molecule has 1 rings (SSSR count). The average Bonchev–Trinajstić information content (AvgIpc) is 3.28. The van der Waals surface area contributed by atoms with Gasteiger partial charge >= 0.3 is 19.8 Å². The Morgan fingerprint density at radius 1 is 0.569 bits per heavy atom. The fourth-order valence-corrected chi connectivity index (χ4v) is 7.21. The summed E-state index contributed by atoms with van der Waals surface area (Å²) in [7, 11) is -5.21. The number of aliphatic hydroxyl groups is 7. The highest BCUT2D eigenvalue weighted by atomic mass is 31.2. The van der Waals surface area contributed by atoms with Gasteiger partial charge in [0, 0.05) is 12.8 Å². The van der Waals surface area contributed by atoms with Crippen LogP contribution in [-0.4, -0.2) is 121 Å². The number of hydrogen-bond acceptors (Lipinski definition) is 14. The first-order chi connectivity index (χ1) is 31.2. The third-order valence-corrected chi connectivity index (χ3v) is 11.1. The minimum atomic E-state index is -5.21. The summed E-state index contributed by atoms with van der Waals surface area (Å²) in [6, 6.07) is 0. The van der Waals surface area contributed by atoms with Crippen LogP contribution in [0.15, 0.2) is 97.2 Å². The highest BCUT2D eigenvalue weighted by Gasteiger charge is 2.51. The summed E-state index contributed by atoms with van der Waals surface area (Å²) in [6.45, 7) is 2.94. The largest absolute Gasteiger partial charge is 0.472 e. The topological polar surface area (TPSA) is 250 Å². The summed E-state index contributed by atoms with van der Waals surface area (Å²) in [4.78, 5) is 35.7. The Bertz CT molecular complexity index is 1540. The first-order valence-electron chi connectivity index (χ1n) is 23.3. The zero-order valence-electron chi connectivity index (χ0n) is 38.5. The van der Waals surface area contributed by atoms with Gasteiger partial charge in [0.05, 0.1) is 18.8 Å². The fraction of sp³-hybridized carbons (Fsp3) is 0.633. The number of phosphoric ester groups is 1. The van der Waals surface area contributed by atoms with Crippen molar-refractivity contribution >= 4 is 19.8 Å². The molecule has 16 heteroatoms. The molecule has 0 bridgehead atoms. The van der Waals surface area contributed by atoms with Gasteiger partial charge in [-0.25, -0.2) is 4.57 Å². The molecule has 0 aromatic heterocycles. The molecule has 65 heavy (non-hydrogen) atoms. The Labute approximate surface area is 386 Å². The standard InChI is InChI=1S/C49H79O15P/c1-3-5-7-9-11-12-13-14-15-16-17-18-19-20-21-23-29-35-42(52)61-37-41(38-62-65(59,60)64-49-47(57)45(55)44(54)46(56)48(49)58)63-43(53)36-30-34-40(51)33-28-25-24-27-32-39(50)31-26-22-10-8-6-4-2/h11-12,14-15,17-18,20-22,24-28,32-33,39-41,44-51,54-58H,3-10,13,16,19,23,29-31,34-38H2,1-2H3,(H,59,60)/b12-11-,15-14-,18-17-,21-20-,25-24+,26-22-,32-27+,33-28-/t39-,40-,41+,44?,45-,46+,47+,48+,49?/m0/s1. The van der Waals surface area contributed by atoms with E-state index in [0.717, 1.165) is 44.9 Å². The summed E-state index contributed by atoms with van der Waals surface area (Å²) < 4.78 is 33.3. The van der Waals surface area contributed by atoms with E-state index in [1.807, 2.05) is 18.2 Å². The summed E-state index contributed by atoms with van der Waals surface area (Å²) in [5.74, 6) is -1.42. The molecule has 15 nitrogen and oxygen atoms in total. The van der Waals surface area contributed by atoms with Crippen LogP contribution in [0.4, 0.5) is 0 Å². The molecule has 0 radical (unpaired) electrons. The summed E-state index contributed by atoms with van der Waals surface area (Å²) >= 11 is 0. The van der Waals surface area contributed by atoms with Crippen LogP contribution in [0.5, 0.6) is 0 Å². The van der Waals surface area contributed by atoms with E-state index in [4.69, 9.17) is 18.5 Å². The predicted molar refractivity (Wildman–Crippen MR) is 251 cm³/mol. The molecule has 8 N–H and O–H groups in total. The van der Waals surface area contributed by atoms with Gasteiger partial charge in [0.15, 0.2) is 6.10 Å². The van der Waals surface area contributed by atoms with Crippen molar-refractivity contribution in [1.29, 1.82) is 0 Å². The molecule has 3 unspecified atom stereocenters. The van der Waals surface area contributed by atoms with E-state index in [1.54, 1.807) is 30.4 Å². The highest BCUT2D eigenvalue weighted by Crippen LogP contribution is 2.47. The van der Waals surface area contributed by atoms with Crippen molar-refractivity contribution in [3.05, 3.63) is 97.2 Å². The molecule has 0 heterocycles. The minimum absolute atomic E-state index is 0.0325. The lowest BCUT2D eigenvalue weighted by molar-refractivity contribution is -0.220. The lowest BCUT2D eigenvalue weighted by Crippen LogP contribution is -2.64. The van der Waals surface area contributed by atoms with Crippen LogP contribution in [0.1, 0.15) is 129 Å². The van der Waals surface area contributed by atoms with Gasteiger partial charge in [0.1, 0.15) is 43.2 Å². The van der Waals surface area contributed by atoms with Crippen molar-refractivity contribution in [2.75, 3.05) is 13.2 Å². The summed E-state index contributed by atoms with van der Waals surface area (Å²) in [5, 5.41) is 70.5. The molecular formula is C49H79O15P. The zero-order valence-corrected chi connectivity index (χ0v) is 39.4. The van der Waals surface area contributed by atoms with Crippen molar-refractivity contribution in [3.8, 4) is 0 Å². The van der Waals surface area contributed by atoms with Crippen LogP contribution in [-0.2, 0) is 32.7 Å². The van der Waals surface area contributed by atoms with Gasteiger partial charge in [-0.2, -0.15) is 0 Å². The van der Waals surface area contributed by atoms with Gasteiger partial charge < -0.3 is 50.1 Å². The molecule has 1 fully saturated rings. The minimum Gasteiger partial charge on any atom is -0.462 e. The van der Waals surface area contributed by atoms with Crippen LogP contribution in [0, 0.1) is 0 Å². The Balaban J connectivity index is 2.64. The number of carbonyl (C=O) groups is 2. The molecule has 1 aliphatic carbocycles. The maximum absolute atomic E-state index is 12.8. The van der Waals surface area contributed by atoms with Crippen LogP contribution in [0.25, 0.3) is 0 Å². The van der Waals surface area contributed by atoms with Crippen molar-refractivity contribution < 1.29 is 73.3 Å². The van der Waals surface area contributed by atoms with E-state index in [0.29, 0.717) is 19.3 Å². The highest BCUT2D eigenvalue weighted by molar-refractivity contribution is 7.47. The van der Waals surface area contributed by atoms with Crippen molar-refractivity contribution in [3.63, 3.8) is 0 Å². The summed E-state index contributed by atoms with van der Waals surface area (Å²) in [5.41, 5.74) is 0. The maximum atomic E-state index is 12.8. The first-order valence-corrected chi connectivity index (χ1v) is 24.8. The lowest BCUT2D eigenvalue weighted by atomic mass is 9.85. The Hall–Kier alpha value is -3.31. The molecule has 10 atom stereocenters. The number of unbranched alkanes of at least 4 members (excludes halogenated alkanes) is 7. The lowest BCUT2D eigenvalue weighted by Gasteiger charge is -2.41. The van der Waals surface area contributed by atoms with E-state index in [2.05, 4.69) is 56.4 Å². The number of phosphoric acid groups is 1. The van der Waals surface area contributed by atoms with Crippen LogP contribution < -0.4 is 0 Å². The van der Waals surface area contributed by atoms with Gasteiger partial charge in [-0.15, -0.1) is 0 Å². The van der Waals surface area contributed by atoms with E-state index in [1.165, 1.54) is 31.8 Å². The average molecular weight is 939 g/mol. The second-order valence-electron chi connectivity index (χ2n) is 15.9. The van der Waals surface area contributed by atoms with Crippen LogP contribution >= 0.6 is 7.82 Å². The third kappa shape index (κ3) is 30.6. The van der Waals surface area contributed by atoms with Crippen molar-refractivity contribution in [2.24, 2.45) is 0 Å². The first kappa shape index (κ1) is 59.7. The molecule has 0 spiro atoms. The van der Waals surface area contributed by atoms with Crippen molar-refractivity contribution in [2.45, 2.75) is 184 Å². The number of ether oxygens (including phenoxy) is 2. The van der Waals surface area contributed by atoms with Gasteiger partial charge in [-0.3, -0.25) is 18.6 Å². The Kier molecular flexibility index (Phi) is 34.7. The molecule has 370 valence electrons. The Morgan fingerprint density at radius 2 is 1.05 bits per heavy atom. The van der Waals surface area contributed by atoms with E-state index >= 15 is 0 Å². The number of hydrogen-bond donors (Lipinski definition) is 8. The SMILES string of the molecule is CCCCC/C=C\C/C=C\C/C=C\C/C=C\CCCC(=O)OC[C@H](COP(=O)(O)OC1[C@H](O)[C@H](O)C(O)[C@H](O)[C@H]1O)OC(=O)CCC[C@@H](O)\C=C/C=C/C=C/[C@@H](O)C/C=C\CCCCC. The van der Waals surface area contributed by atoms with E-state index < -0.39 is 87.9 Å². The second kappa shape index (κ2) is 37.7. The second-order valence-corrected chi connectivity index (χ2v) is 17.4. The van der Waals surface area contributed by atoms with Gasteiger partial charge in [-0.05, 0) is 77.0 Å². The zero-order chi connectivity index (χ0) is 48.1. The van der Waals surface area contributed by atoms with Crippen LogP contribution in [0.2, 0.25) is 0 Å². The molecule has 0 aliphatic heterocycles. The number of aliphatic hydroxyl groups excluding tert-OH is 7. The number of carbonyl (C=O) groups excluding carboxylic acids is 2. The molecular weight excluding hydrogens is 859 g/mol. The van der Waals surface area contributed by atoms with Gasteiger partial charge in [0.2, 0.25) is 0 Å². The van der Waals surface area contributed by atoms with E-state index in [9.17, 15) is 54.8 Å².